The van der Waals surface area contributed by atoms with Gasteiger partial charge in [-0.05, 0) is 57.7 Å². The molecule has 1 aromatic rings. The fourth-order valence-corrected chi connectivity index (χ4v) is 4.84. The van der Waals surface area contributed by atoms with E-state index < -0.39 is 6.09 Å². The molecular formula is C24H31N3O5. The molecule has 172 valence electrons. The second kappa shape index (κ2) is 9.63. The van der Waals surface area contributed by atoms with Crippen molar-refractivity contribution < 1.29 is 24.2 Å². The number of allylic oxidation sites excluding steroid dienone is 2. The summed E-state index contributed by atoms with van der Waals surface area (Å²) in [5.74, 6) is 1.30. The lowest BCUT2D eigenvalue weighted by molar-refractivity contribution is -0.141. The molecule has 2 amide bonds. The van der Waals surface area contributed by atoms with Crippen LogP contribution in [0.4, 0.5) is 4.79 Å². The van der Waals surface area contributed by atoms with Crippen molar-refractivity contribution in [1.82, 2.24) is 9.91 Å². The molecule has 0 aromatic heterocycles. The molecule has 0 bridgehead atoms. The van der Waals surface area contributed by atoms with Gasteiger partial charge in [0, 0.05) is 24.6 Å². The molecule has 2 heterocycles. The van der Waals surface area contributed by atoms with Crippen LogP contribution in [-0.2, 0) is 4.79 Å². The molecule has 4 rings (SSSR count). The molecule has 0 radical (unpaired) electrons. The van der Waals surface area contributed by atoms with Gasteiger partial charge in [0.25, 0.3) is 0 Å². The Hall–Kier alpha value is -3.03. The Morgan fingerprint density at radius 2 is 1.72 bits per heavy atom. The molecule has 0 saturated carbocycles. The van der Waals surface area contributed by atoms with E-state index in [4.69, 9.17) is 14.6 Å². The quantitative estimate of drug-likeness (QED) is 0.679. The monoisotopic (exact) mass is 441 g/mol. The maximum absolute atomic E-state index is 13.4. The zero-order valence-corrected chi connectivity index (χ0v) is 18.7. The molecule has 8 nitrogen and oxygen atoms in total. The smallest absolute Gasteiger partial charge is 0.407 e. The van der Waals surface area contributed by atoms with Crippen molar-refractivity contribution in [3.63, 3.8) is 0 Å². The van der Waals surface area contributed by atoms with Crippen molar-refractivity contribution in [3.05, 3.63) is 35.9 Å². The van der Waals surface area contributed by atoms with Gasteiger partial charge in [0.1, 0.15) is 0 Å². The molecule has 2 aliphatic heterocycles. The number of carboxylic acid groups (broad SMARTS) is 1. The van der Waals surface area contributed by atoms with Crippen molar-refractivity contribution in [2.75, 3.05) is 26.3 Å². The first-order valence-corrected chi connectivity index (χ1v) is 11.5. The lowest BCUT2D eigenvalue weighted by Crippen LogP contribution is -2.52. The predicted molar refractivity (Wildman–Crippen MR) is 120 cm³/mol. The van der Waals surface area contributed by atoms with Crippen molar-refractivity contribution in [2.24, 2.45) is 16.9 Å². The maximum Gasteiger partial charge on any atom is 0.407 e. The van der Waals surface area contributed by atoms with Crippen molar-refractivity contribution in [3.8, 4) is 11.5 Å². The second-order valence-corrected chi connectivity index (χ2v) is 8.35. The molecule has 8 heteroatoms. The fraction of sp³-hybridized carbons (Fsp3) is 0.542. The predicted octanol–water partition coefficient (Wildman–Crippen LogP) is 3.76. The van der Waals surface area contributed by atoms with Crippen LogP contribution >= 0.6 is 0 Å². The zero-order valence-electron chi connectivity index (χ0n) is 18.7. The standard InChI is InChI=1S/C24H31N3O5/c1-3-31-20-10-9-16(15-21(20)32-4-2)22-18-7-5-6-8-19(18)23(28)27(25-22)17-11-13-26(14-12-17)24(29)30/h5-6,9-10,15,17-19H,3-4,7-8,11-14H2,1-2H3,(H,29,30)/t18-,19+/m0/s1. The summed E-state index contributed by atoms with van der Waals surface area (Å²) in [5, 5.41) is 15.8. The molecule has 0 unspecified atom stereocenters. The summed E-state index contributed by atoms with van der Waals surface area (Å²) in [7, 11) is 0. The average Bonchev–Trinajstić information content (AvgIpc) is 2.81. The lowest BCUT2D eigenvalue weighted by Gasteiger charge is -2.42. The molecule has 1 saturated heterocycles. The second-order valence-electron chi connectivity index (χ2n) is 8.35. The highest BCUT2D eigenvalue weighted by atomic mass is 16.5. The summed E-state index contributed by atoms with van der Waals surface area (Å²) in [6.07, 6.45) is 5.96. The summed E-state index contributed by atoms with van der Waals surface area (Å²) >= 11 is 0. The third-order valence-corrected chi connectivity index (χ3v) is 6.46. The molecule has 0 spiro atoms. The van der Waals surface area contributed by atoms with Crippen LogP contribution < -0.4 is 9.47 Å². The first kappa shape index (κ1) is 22.2. The summed E-state index contributed by atoms with van der Waals surface area (Å²) in [6, 6.07) is 5.77. The van der Waals surface area contributed by atoms with E-state index in [1.54, 1.807) is 5.01 Å². The van der Waals surface area contributed by atoms with E-state index in [9.17, 15) is 14.7 Å². The maximum atomic E-state index is 13.4. The van der Waals surface area contributed by atoms with Crippen LogP contribution in [0.2, 0.25) is 0 Å². The molecule has 3 aliphatic rings. The van der Waals surface area contributed by atoms with Crippen LogP contribution in [0.25, 0.3) is 0 Å². The molecule has 32 heavy (non-hydrogen) atoms. The highest BCUT2D eigenvalue weighted by Crippen LogP contribution is 2.38. The number of carbonyl (C=O) groups is 2. The minimum atomic E-state index is -0.909. The number of hydrazone groups is 1. The minimum absolute atomic E-state index is 0.0234. The van der Waals surface area contributed by atoms with E-state index in [1.807, 2.05) is 32.0 Å². The van der Waals surface area contributed by atoms with Crippen molar-refractivity contribution in [1.29, 1.82) is 0 Å². The Labute approximate surface area is 188 Å². The number of benzene rings is 1. The average molecular weight is 442 g/mol. The van der Waals surface area contributed by atoms with Crippen molar-refractivity contribution >= 4 is 17.7 Å². The normalized spacial score (nSPS) is 23.6. The van der Waals surface area contributed by atoms with Gasteiger partial charge in [0.2, 0.25) is 5.91 Å². The first-order valence-electron chi connectivity index (χ1n) is 11.5. The number of hydrogen-bond acceptors (Lipinski definition) is 5. The van der Waals surface area contributed by atoms with Gasteiger partial charge >= 0.3 is 6.09 Å². The number of piperidine rings is 1. The van der Waals surface area contributed by atoms with Crippen LogP contribution in [0, 0.1) is 11.8 Å². The number of fused-ring (bicyclic) bond motifs is 1. The van der Waals surface area contributed by atoms with E-state index in [0.29, 0.717) is 57.1 Å². The van der Waals surface area contributed by atoms with Gasteiger partial charge in [0.05, 0.1) is 30.9 Å². The van der Waals surface area contributed by atoms with Crippen LogP contribution in [-0.4, -0.2) is 65.1 Å². The van der Waals surface area contributed by atoms with Crippen LogP contribution in [0.3, 0.4) is 0 Å². The van der Waals surface area contributed by atoms with Gasteiger partial charge in [0.15, 0.2) is 11.5 Å². The van der Waals surface area contributed by atoms with Gasteiger partial charge in [-0.3, -0.25) is 4.79 Å². The van der Waals surface area contributed by atoms with Gasteiger partial charge in [-0.2, -0.15) is 5.10 Å². The fourth-order valence-electron chi connectivity index (χ4n) is 4.84. The van der Waals surface area contributed by atoms with Crippen LogP contribution in [0.5, 0.6) is 11.5 Å². The molecule has 2 atom stereocenters. The Balaban J connectivity index is 1.68. The number of ether oxygens (including phenoxy) is 2. The topological polar surface area (TPSA) is 91.7 Å². The molecular weight excluding hydrogens is 410 g/mol. The molecule has 1 aromatic carbocycles. The molecule has 1 aliphatic carbocycles. The van der Waals surface area contributed by atoms with Gasteiger partial charge in [-0.1, -0.05) is 12.2 Å². The number of carbonyl (C=O) groups excluding carboxylic acids is 1. The van der Waals surface area contributed by atoms with Crippen molar-refractivity contribution in [2.45, 2.75) is 45.6 Å². The summed E-state index contributed by atoms with van der Waals surface area (Å²) in [5.41, 5.74) is 1.83. The summed E-state index contributed by atoms with van der Waals surface area (Å²) < 4.78 is 11.5. The van der Waals surface area contributed by atoms with E-state index >= 15 is 0 Å². The largest absolute Gasteiger partial charge is 0.490 e. The Morgan fingerprint density at radius 3 is 2.38 bits per heavy atom. The SMILES string of the molecule is CCOc1ccc(C2=NN(C3CCN(C(=O)O)CC3)C(=O)[C@@H]3CC=CC[C@H]23)cc1OCC. The zero-order chi connectivity index (χ0) is 22.7. The Kier molecular flexibility index (Phi) is 6.67. The van der Waals surface area contributed by atoms with Gasteiger partial charge < -0.3 is 19.5 Å². The first-order chi connectivity index (χ1) is 15.5. The Morgan fingerprint density at radius 1 is 1.06 bits per heavy atom. The number of nitrogens with zero attached hydrogens (tertiary/aromatic N) is 3. The highest BCUT2D eigenvalue weighted by Gasteiger charge is 2.43. The third-order valence-electron chi connectivity index (χ3n) is 6.46. The van der Waals surface area contributed by atoms with E-state index in [0.717, 1.165) is 17.7 Å². The van der Waals surface area contributed by atoms with E-state index in [1.165, 1.54) is 4.90 Å². The lowest BCUT2D eigenvalue weighted by atomic mass is 9.76. The molecule has 1 N–H and O–H groups in total. The Bertz CT molecular complexity index is 920. The number of amides is 2. The van der Waals surface area contributed by atoms with Crippen LogP contribution in [0.15, 0.2) is 35.5 Å². The molecule has 1 fully saturated rings. The number of hydrogen-bond donors (Lipinski definition) is 1. The highest BCUT2D eigenvalue weighted by molar-refractivity contribution is 6.07. The number of likely N-dealkylation sites (tertiary alicyclic amines) is 1. The summed E-state index contributed by atoms with van der Waals surface area (Å²) in [4.78, 5) is 26.0. The van der Waals surface area contributed by atoms with E-state index in [2.05, 4.69) is 12.2 Å². The minimum Gasteiger partial charge on any atom is -0.490 e. The number of rotatable bonds is 6. The third kappa shape index (κ3) is 4.31. The van der Waals surface area contributed by atoms with Crippen LogP contribution in [0.1, 0.15) is 45.1 Å². The van der Waals surface area contributed by atoms with E-state index in [-0.39, 0.29) is 23.8 Å². The van der Waals surface area contributed by atoms with Gasteiger partial charge in [-0.25, -0.2) is 9.80 Å². The van der Waals surface area contributed by atoms with Gasteiger partial charge in [-0.15, -0.1) is 0 Å². The summed E-state index contributed by atoms with van der Waals surface area (Å²) in [6.45, 7) is 5.78.